The number of hydrogen-bond donors (Lipinski definition) is 1. The van der Waals surface area contributed by atoms with Gasteiger partial charge in [0.25, 0.3) is 0 Å². The second-order valence-electron chi connectivity index (χ2n) is 13.8. The van der Waals surface area contributed by atoms with E-state index in [0.717, 1.165) is 32.1 Å². The molecule has 0 aliphatic heterocycles. The predicted molar refractivity (Wildman–Crippen MR) is 141 cm³/mol. The number of hydrogen-bond acceptors (Lipinski definition) is 5. The van der Waals surface area contributed by atoms with Gasteiger partial charge in [0.2, 0.25) is 0 Å². The molecule has 10 atom stereocenters. The number of alkyl halides is 1. The molecule has 3 saturated carbocycles. The van der Waals surface area contributed by atoms with Gasteiger partial charge < -0.3 is 14.6 Å². The van der Waals surface area contributed by atoms with E-state index in [1.807, 2.05) is 0 Å². The van der Waals surface area contributed by atoms with E-state index < -0.39 is 11.8 Å². The van der Waals surface area contributed by atoms with E-state index in [-0.39, 0.29) is 35.0 Å². The van der Waals surface area contributed by atoms with E-state index >= 15 is 0 Å². The van der Waals surface area contributed by atoms with Gasteiger partial charge in [-0.25, -0.2) is 4.39 Å². The Bertz CT molecular complexity index is 908. The Hall–Kier alpha value is -1.43. The number of fused-ring (bicyclic) bond motifs is 5. The van der Waals surface area contributed by atoms with Gasteiger partial charge in [-0.2, -0.15) is 0 Å². The van der Waals surface area contributed by atoms with Gasteiger partial charge >= 0.3 is 11.9 Å². The fraction of sp³-hybridized carbons (Fsp3) is 0.871. The zero-order valence-electron chi connectivity index (χ0n) is 24.0. The van der Waals surface area contributed by atoms with E-state index in [0.29, 0.717) is 42.4 Å². The molecule has 0 bridgehead atoms. The van der Waals surface area contributed by atoms with Crippen LogP contribution < -0.4 is 0 Å². The molecule has 210 valence electrons. The quantitative estimate of drug-likeness (QED) is 0.304. The minimum Gasteiger partial charge on any atom is -0.462 e. The molecule has 4 aliphatic rings. The third-order valence-corrected chi connectivity index (χ3v) is 11.2. The first-order valence-electron chi connectivity index (χ1n) is 14.6. The topological polar surface area (TPSA) is 72.8 Å². The number of carbonyl (C=O) groups is 2. The van der Waals surface area contributed by atoms with E-state index in [9.17, 15) is 19.1 Å². The molecule has 0 amide bonds. The summed E-state index contributed by atoms with van der Waals surface area (Å²) in [4.78, 5) is 23.9. The number of ether oxygens (including phenoxy) is 2. The van der Waals surface area contributed by atoms with Gasteiger partial charge in [-0.1, -0.05) is 32.4 Å². The highest BCUT2D eigenvalue weighted by Crippen LogP contribution is 2.67. The SMILES string of the molecule is CC(=O)O[C@@H]1CC2=CC[C@H]3[C@@H]4CC[C@H]([C@H](C)CC[C@@H](F)C(C)(C)O)[C@@]4(C)CC[C@@H]3[C@@]2(C)[C@@H](OC(C)=O)C1. The average Bonchev–Trinajstić information content (AvgIpc) is 3.14. The lowest BCUT2D eigenvalue weighted by Crippen LogP contribution is -2.57. The highest BCUT2D eigenvalue weighted by atomic mass is 19.1. The molecule has 5 nitrogen and oxygen atoms in total. The third kappa shape index (κ3) is 5.25. The zero-order valence-corrected chi connectivity index (χ0v) is 24.0. The van der Waals surface area contributed by atoms with E-state index in [1.165, 1.54) is 32.3 Å². The van der Waals surface area contributed by atoms with Gasteiger partial charge in [0.05, 0.1) is 5.60 Å². The Kier molecular flexibility index (Phi) is 7.94. The summed E-state index contributed by atoms with van der Waals surface area (Å²) in [5.41, 5.74) is 0.0118. The lowest BCUT2D eigenvalue weighted by atomic mass is 9.46. The van der Waals surface area contributed by atoms with Crippen LogP contribution in [-0.4, -0.2) is 41.0 Å². The molecular formula is C31H49FO5. The van der Waals surface area contributed by atoms with Crippen molar-refractivity contribution in [1.82, 2.24) is 0 Å². The van der Waals surface area contributed by atoms with Crippen LogP contribution in [0.2, 0.25) is 0 Å². The molecule has 0 saturated heterocycles. The highest BCUT2D eigenvalue weighted by molar-refractivity contribution is 5.67. The van der Waals surface area contributed by atoms with Crippen LogP contribution >= 0.6 is 0 Å². The third-order valence-electron chi connectivity index (χ3n) is 11.2. The second kappa shape index (κ2) is 10.3. The van der Waals surface area contributed by atoms with Crippen molar-refractivity contribution in [1.29, 1.82) is 0 Å². The first kappa shape index (κ1) is 28.6. The summed E-state index contributed by atoms with van der Waals surface area (Å²) in [7, 11) is 0. The first-order valence-corrected chi connectivity index (χ1v) is 14.6. The maximum Gasteiger partial charge on any atom is 0.302 e. The van der Waals surface area contributed by atoms with E-state index in [4.69, 9.17) is 9.47 Å². The predicted octanol–water partition coefficient (Wildman–Crippen LogP) is 6.56. The normalized spacial score (nSPS) is 40.9. The zero-order chi connectivity index (χ0) is 27.3. The van der Waals surface area contributed by atoms with Gasteiger partial charge in [0, 0.05) is 32.1 Å². The highest BCUT2D eigenvalue weighted by Gasteiger charge is 2.62. The number of esters is 2. The molecule has 0 aromatic rings. The summed E-state index contributed by atoms with van der Waals surface area (Å²) in [6.07, 6.45) is 8.80. The summed E-state index contributed by atoms with van der Waals surface area (Å²) < 4.78 is 26.1. The first-order chi connectivity index (χ1) is 17.2. The molecule has 0 radical (unpaired) electrons. The van der Waals surface area contributed by atoms with Crippen molar-refractivity contribution in [2.45, 2.75) is 130 Å². The summed E-state index contributed by atoms with van der Waals surface area (Å²) in [6.45, 7) is 13.1. The smallest absolute Gasteiger partial charge is 0.302 e. The van der Waals surface area contributed by atoms with Crippen LogP contribution in [0.3, 0.4) is 0 Å². The minimum atomic E-state index is -1.28. The molecule has 37 heavy (non-hydrogen) atoms. The molecule has 1 N–H and O–H groups in total. The summed E-state index contributed by atoms with van der Waals surface area (Å²) >= 11 is 0. The Morgan fingerprint density at radius 2 is 1.78 bits per heavy atom. The molecule has 0 heterocycles. The minimum absolute atomic E-state index is 0.231. The number of carbonyl (C=O) groups excluding carboxylic acids is 2. The Balaban J connectivity index is 1.54. The largest absolute Gasteiger partial charge is 0.462 e. The maximum absolute atomic E-state index is 14.5. The van der Waals surface area contributed by atoms with Gasteiger partial charge in [-0.15, -0.1) is 0 Å². The molecule has 6 heteroatoms. The van der Waals surface area contributed by atoms with Crippen LogP contribution in [0.25, 0.3) is 0 Å². The monoisotopic (exact) mass is 520 g/mol. The molecule has 0 aromatic heterocycles. The second-order valence-corrected chi connectivity index (χ2v) is 13.8. The molecule has 0 unspecified atom stereocenters. The lowest BCUT2D eigenvalue weighted by molar-refractivity contribution is -0.172. The average molecular weight is 521 g/mol. The van der Waals surface area contributed by atoms with Crippen LogP contribution in [0.4, 0.5) is 4.39 Å². The molecule has 4 aliphatic carbocycles. The number of rotatable bonds is 7. The Labute approximate surface area is 222 Å². The molecular weight excluding hydrogens is 471 g/mol. The van der Waals surface area contributed by atoms with Crippen LogP contribution in [0.15, 0.2) is 11.6 Å². The summed E-state index contributed by atoms with van der Waals surface area (Å²) in [5, 5.41) is 10.0. The van der Waals surface area contributed by atoms with Crippen molar-refractivity contribution in [3.05, 3.63) is 11.6 Å². The van der Waals surface area contributed by atoms with Gasteiger partial charge in [0.1, 0.15) is 18.4 Å². The molecule has 3 fully saturated rings. The van der Waals surface area contributed by atoms with E-state index in [1.54, 1.807) is 13.8 Å². The standard InChI is InChI=1S/C31H49FO5/c1-18(8-13-27(32)29(4,5)35)24-11-12-25-23-10-9-21-16-22(36-19(2)33)17-28(37-20(3)34)31(21,7)26(23)14-15-30(24,25)6/h9,18,22-28,35H,8,10-17H2,1-7H3/t18-,22-,23+,24-,25+,26+,27-,28+,30-,31+/m1/s1. The van der Waals surface area contributed by atoms with Gasteiger partial charge in [-0.3, -0.25) is 9.59 Å². The van der Waals surface area contributed by atoms with Crippen molar-refractivity contribution in [2.75, 3.05) is 0 Å². The Morgan fingerprint density at radius 1 is 1.11 bits per heavy atom. The van der Waals surface area contributed by atoms with Crippen molar-refractivity contribution < 1.29 is 28.6 Å². The maximum atomic E-state index is 14.5. The van der Waals surface area contributed by atoms with Crippen LogP contribution in [-0.2, 0) is 19.1 Å². The number of aliphatic hydroxyl groups is 1. The van der Waals surface area contributed by atoms with Crippen LogP contribution in [0, 0.1) is 40.4 Å². The van der Waals surface area contributed by atoms with Crippen LogP contribution in [0.5, 0.6) is 0 Å². The number of halogens is 1. The van der Waals surface area contributed by atoms with Crippen molar-refractivity contribution >= 4 is 11.9 Å². The van der Waals surface area contributed by atoms with Gasteiger partial charge in [-0.05, 0) is 93.8 Å². The number of allylic oxidation sites excluding steroid dienone is 1. The molecule has 0 aromatic carbocycles. The molecule has 4 rings (SSSR count). The molecule has 0 spiro atoms. The van der Waals surface area contributed by atoms with Crippen molar-refractivity contribution in [3.63, 3.8) is 0 Å². The fourth-order valence-electron chi connectivity index (χ4n) is 9.29. The van der Waals surface area contributed by atoms with Crippen molar-refractivity contribution in [3.8, 4) is 0 Å². The summed E-state index contributed by atoms with van der Waals surface area (Å²) in [6, 6.07) is 0. The summed E-state index contributed by atoms with van der Waals surface area (Å²) in [5.74, 6) is 2.01. The fourth-order valence-corrected chi connectivity index (χ4v) is 9.29. The van der Waals surface area contributed by atoms with Crippen LogP contribution in [0.1, 0.15) is 106 Å². The van der Waals surface area contributed by atoms with Gasteiger partial charge in [0.15, 0.2) is 0 Å². The Morgan fingerprint density at radius 3 is 2.41 bits per heavy atom. The van der Waals surface area contributed by atoms with Crippen molar-refractivity contribution in [2.24, 2.45) is 40.4 Å². The lowest BCUT2D eigenvalue weighted by Gasteiger charge is -2.60. The van der Waals surface area contributed by atoms with E-state index in [2.05, 4.69) is 26.8 Å².